The second-order valence-corrected chi connectivity index (χ2v) is 5.10. The Bertz CT molecular complexity index is 287. The Morgan fingerprint density at radius 2 is 2.54 bits per heavy atom. The number of carbonyl (C=O) groups is 1. The third-order valence-corrected chi connectivity index (χ3v) is 3.86. The number of thiophene rings is 1. The summed E-state index contributed by atoms with van der Waals surface area (Å²) < 4.78 is 0.874. The lowest BCUT2D eigenvalue weighted by molar-refractivity contribution is 0.0959. The van der Waals surface area contributed by atoms with Gasteiger partial charge >= 0.3 is 0 Å². The van der Waals surface area contributed by atoms with Crippen molar-refractivity contribution in [1.29, 1.82) is 0 Å². The molecule has 0 bridgehead atoms. The van der Waals surface area contributed by atoms with Gasteiger partial charge in [0.1, 0.15) is 4.88 Å². The van der Waals surface area contributed by atoms with Gasteiger partial charge in [-0.15, -0.1) is 11.3 Å². The summed E-state index contributed by atoms with van der Waals surface area (Å²) in [5.74, 6) is 0.963. The van der Waals surface area contributed by atoms with Crippen molar-refractivity contribution in [2.24, 2.45) is 0 Å². The van der Waals surface area contributed by atoms with Crippen LogP contribution in [0.1, 0.15) is 9.67 Å². The highest BCUT2D eigenvalue weighted by atomic mass is 79.9. The van der Waals surface area contributed by atoms with E-state index < -0.39 is 0 Å². The minimum Gasteiger partial charge on any atom is -0.350 e. The molecule has 0 radical (unpaired) electrons. The first-order valence-electron chi connectivity index (χ1n) is 3.76. The monoisotopic (exact) mass is 279 g/mol. The van der Waals surface area contributed by atoms with Gasteiger partial charge in [-0.3, -0.25) is 4.79 Å². The topological polar surface area (TPSA) is 29.1 Å². The van der Waals surface area contributed by atoms with Crippen LogP contribution in [-0.2, 0) is 0 Å². The second-order valence-electron chi connectivity index (χ2n) is 2.35. The number of carbonyl (C=O) groups excluding carboxylic acids is 1. The SMILES string of the molecule is CSCCNC(=O)c1sccc1Br. The maximum atomic E-state index is 11.5. The van der Waals surface area contributed by atoms with Crippen molar-refractivity contribution in [3.63, 3.8) is 0 Å². The molecule has 1 aromatic heterocycles. The van der Waals surface area contributed by atoms with Gasteiger partial charge in [0.2, 0.25) is 0 Å². The standard InChI is InChI=1S/C8H10BrNOS2/c1-12-5-3-10-8(11)7-6(9)2-4-13-7/h2,4H,3,5H2,1H3,(H,10,11). The number of hydrogen-bond acceptors (Lipinski definition) is 3. The first-order chi connectivity index (χ1) is 6.25. The molecule has 0 aliphatic rings. The molecule has 0 unspecified atom stereocenters. The smallest absolute Gasteiger partial charge is 0.262 e. The Labute approximate surface area is 94.2 Å². The summed E-state index contributed by atoms with van der Waals surface area (Å²) in [5.41, 5.74) is 0. The summed E-state index contributed by atoms with van der Waals surface area (Å²) in [6.07, 6.45) is 2.02. The van der Waals surface area contributed by atoms with Gasteiger partial charge < -0.3 is 5.32 Å². The summed E-state index contributed by atoms with van der Waals surface area (Å²) >= 11 is 6.49. The molecule has 0 aromatic carbocycles. The van der Waals surface area contributed by atoms with E-state index in [9.17, 15) is 4.79 Å². The molecule has 0 atom stereocenters. The van der Waals surface area contributed by atoms with Gasteiger partial charge in [0.05, 0.1) is 0 Å². The van der Waals surface area contributed by atoms with Crippen LogP contribution in [-0.4, -0.2) is 24.5 Å². The minimum atomic E-state index is 0.0101. The van der Waals surface area contributed by atoms with E-state index in [0.717, 1.165) is 21.6 Å². The van der Waals surface area contributed by atoms with Gasteiger partial charge in [0.25, 0.3) is 5.91 Å². The molecule has 13 heavy (non-hydrogen) atoms. The highest BCUT2D eigenvalue weighted by molar-refractivity contribution is 9.10. The van der Waals surface area contributed by atoms with E-state index in [1.165, 1.54) is 11.3 Å². The first kappa shape index (κ1) is 11.1. The predicted octanol–water partition coefficient (Wildman–Crippen LogP) is 2.60. The van der Waals surface area contributed by atoms with Crippen LogP contribution >= 0.6 is 39.0 Å². The maximum absolute atomic E-state index is 11.5. The third-order valence-electron chi connectivity index (χ3n) is 1.42. The molecule has 1 rings (SSSR count). The van der Waals surface area contributed by atoms with E-state index in [1.54, 1.807) is 11.8 Å². The fourth-order valence-electron chi connectivity index (χ4n) is 0.803. The van der Waals surface area contributed by atoms with Crippen LogP contribution < -0.4 is 5.32 Å². The lowest BCUT2D eigenvalue weighted by Gasteiger charge is -2.01. The molecule has 1 N–H and O–H groups in total. The molecule has 72 valence electrons. The van der Waals surface area contributed by atoms with Crippen molar-refractivity contribution < 1.29 is 4.79 Å². The molecule has 0 aliphatic heterocycles. The van der Waals surface area contributed by atoms with Gasteiger partial charge in [-0.2, -0.15) is 11.8 Å². The van der Waals surface area contributed by atoms with Gasteiger partial charge in [-0.25, -0.2) is 0 Å². The van der Waals surface area contributed by atoms with Crippen LogP contribution in [0, 0.1) is 0 Å². The third kappa shape index (κ3) is 3.32. The van der Waals surface area contributed by atoms with Gasteiger partial charge in [0.15, 0.2) is 0 Å². The summed E-state index contributed by atoms with van der Waals surface area (Å²) in [6, 6.07) is 1.88. The average Bonchev–Trinajstić information content (AvgIpc) is 2.52. The molecule has 0 aliphatic carbocycles. The molecule has 5 heteroatoms. The van der Waals surface area contributed by atoms with E-state index in [-0.39, 0.29) is 5.91 Å². The van der Waals surface area contributed by atoms with Crippen molar-refractivity contribution >= 4 is 44.9 Å². The van der Waals surface area contributed by atoms with Crippen molar-refractivity contribution in [2.75, 3.05) is 18.6 Å². The fraction of sp³-hybridized carbons (Fsp3) is 0.375. The highest BCUT2D eigenvalue weighted by Crippen LogP contribution is 2.22. The molecule has 1 heterocycles. The minimum absolute atomic E-state index is 0.0101. The lowest BCUT2D eigenvalue weighted by atomic mass is 10.4. The molecular weight excluding hydrogens is 270 g/mol. The number of hydrogen-bond donors (Lipinski definition) is 1. The zero-order chi connectivity index (χ0) is 9.68. The van der Waals surface area contributed by atoms with Crippen LogP contribution in [0.4, 0.5) is 0 Å². The number of amides is 1. The second kappa shape index (κ2) is 5.67. The Morgan fingerprint density at radius 3 is 3.08 bits per heavy atom. The van der Waals surface area contributed by atoms with Crippen LogP contribution in [0.25, 0.3) is 0 Å². The Morgan fingerprint density at radius 1 is 1.77 bits per heavy atom. The zero-order valence-corrected chi connectivity index (χ0v) is 10.4. The van der Waals surface area contributed by atoms with E-state index in [1.807, 2.05) is 17.7 Å². The number of thioether (sulfide) groups is 1. The lowest BCUT2D eigenvalue weighted by Crippen LogP contribution is -2.25. The normalized spacial score (nSPS) is 10.0. The molecule has 0 spiro atoms. The van der Waals surface area contributed by atoms with Crippen LogP contribution in [0.5, 0.6) is 0 Å². The maximum Gasteiger partial charge on any atom is 0.262 e. The summed E-state index contributed by atoms with van der Waals surface area (Å²) in [7, 11) is 0. The molecule has 2 nitrogen and oxygen atoms in total. The molecule has 0 saturated carbocycles. The molecular formula is C8H10BrNOS2. The van der Waals surface area contributed by atoms with Crippen molar-refractivity contribution in [2.45, 2.75) is 0 Å². The first-order valence-corrected chi connectivity index (χ1v) is 6.82. The average molecular weight is 280 g/mol. The zero-order valence-electron chi connectivity index (χ0n) is 7.17. The van der Waals surface area contributed by atoms with E-state index in [2.05, 4.69) is 21.2 Å². The van der Waals surface area contributed by atoms with Crippen LogP contribution in [0.2, 0.25) is 0 Å². The molecule has 0 saturated heterocycles. The number of nitrogens with one attached hydrogen (secondary N) is 1. The van der Waals surface area contributed by atoms with Crippen molar-refractivity contribution in [1.82, 2.24) is 5.32 Å². The van der Waals surface area contributed by atoms with Crippen LogP contribution in [0.15, 0.2) is 15.9 Å². The fourth-order valence-corrected chi connectivity index (χ4v) is 2.58. The van der Waals surface area contributed by atoms with Gasteiger partial charge in [-0.1, -0.05) is 0 Å². The Hall–Kier alpha value is -0.000000000000000111. The van der Waals surface area contributed by atoms with Crippen molar-refractivity contribution in [3.05, 3.63) is 20.8 Å². The van der Waals surface area contributed by atoms with Gasteiger partial charge in [0, 0.05) is 16.8 Å². The summed E-state index contributed by atoms with van der Waals surface area (Å²) in [5, 5.41) is 4.74. The highest BCUT2D eigenvalue weighted by Gasteiger charge is 2.09. The number of halogens is 1. The van der Waals surface area contributed by atoms with E-state index in [0.29, 0.717) is 0 Å². The van der Waals surface area contributed by atoms with Crippen molar-refractivity contribution in [3.8, 4) is 0 Å². The molecule has 1 amide bonds. The summed E-state index contributed by atoms with van der Waals surface area (Å²) in [6.45, 7) is 0.727. The number of rotatable bonds is 4. The Kier molecular flexibility index (Phi) is 4.83. The largest absolute Gasteiger partial charge is 0.350 e. The quantitative estimate of drug-likeness (QED) is 0.859. The molecule has 1 aromatic rings. The Balaban J connectivity index is 2.45. The van der Waals surface area contributed by atoms with E-state index >= 15 is 0 Å². The van der Waals surface area contributed by atoms with Crippen LogP contribution in [0.3, 0.4) is 0 Å². The predicted molar refractivity (Wildman–Crippen MR) is 62.7 cm³/mol. The summed E-state index contributed by atoms with van der Waals surface area (Å²) in [4.78, 5) is 12.2. The van der Waals surface area contributed by atoms with Gasteiger partial charge in [-0.05, 0) is 33.6 Å². The van der Waals surface area contributed by atoms with E-state index in [4.69, 9.17) is 0 Å². The molecule has 0 fully saturated rings.